The van der Waals surface area contributed by atoms with Gasteiger partial charge in [-0.05, 0) is 42.5 Å². The molecule has 29 heavy (non-hydrogen) atoms. The molecule has 0 aliphatic carbocycles. The summed E-state index contributed by atoms with van der Waals surface area (Å²) < 4.78 is 14.7. The van der Waals surface area contributed by atoms with Gasteiger partial charge < -0.3 is 29.8 Å². The van der Waals surface area contributed by atoms with E-state index >= 15 is 0 Å². The fraction of sp³-hybridized carbons (Fsp3) is 0.263. The number of benzene rings is 1. The van der Waals surface area contributed by atoms with Crippen molar-refractivity contribution < 1.29 is 28.3 Å². The van der Waals surface area contributed by atoms with E-state index in [0.717, 1.165) is 0 Å². The summed E-state index contributed by atoms with van der Waals surface area (Å²) in [6, 6.07) is 9.94. The number of hydrogen-bond donors (Lipinski definition) is 3. The maximum atomic E-state index is 12.0. The highest BCUT2D eigenvalue weighted by Gasteiger charge is 2.11. The molecule has 0 unspecified atom stereocenters. The number of rotatable bonds is 9. The van der Waals surface area contributed by atoms with Crippen molar-refractivity contribution in [1.29, 1.82) is 0 Å². The minimum Gasteiger partial charge on any atom is -0.463 e. The van der Waals surface area contributed by atoms with Gasteiger partial charge in [0.2, 0.25) is 5.91 Å². The van der Waals surface area contributed by atoms with E-state index in [9.17, 15) is 14.4 Å². The van der Waals surface area contributed by atoms with E-state index in [4.69, 9.17) is 26.1 Å². The second-order valence-electron chi connectivity index (χ2n) is 5.73. The Morgan fingerprint density at radius 3 is 2.48 bits per heavy atom. The Morgan fingerprint density at radius 1 is 1.03 bits per heavy atom. The number of thiocarbonyl (C=S) groups is 1. The lowest BCUT2D eigenvalue weighted by molar-refractivity contribution is -0.146. The molecule has 0 aliphatic rings. The van der Waals surface area contributed by atoms with Crippen molar-refractivity contribution in [2.45, 2.75) is 12.8 Å². The summed E-state index contributed by atoms with van der Waals surface area (Å²) in [5, 5.41) is 8.08. The van der Waals surface area contributed by atoms with E-state index in [1.165, 1.54) is 13.4 Å². The number of anilines is 2. The number of esters is 1. The Hall–Kier alpha value is -3.24. The summed E-state index contributed by atoms with van der Waals surface area (Å²) in [6.45, 7) is 0.441. The quantitative estimate of drug-likeness (QED) is 0.322. The number of furan rings is 1. The van der Waals surface area contributed by atoms with E-state index in [1.807, 2.05) is 0 Å². The molecule has 0 saturated heterocycles. The van der Waals surface area contributed by atoms with Gasteiger partial charge >= 0.3 is 5.97 Å². The molecule has 0 fully saturated rings. The number of amides is 2. The van der Waals surface area contributed by atoms with Crippen LogP contribution in [0.3, 0.4) is 0 Å². The minimum atomic E-state index is -0.490. The van der Waals surface area contributed by atoms with Gasteiger partial charge in [0, 0.05) is 24.9 Å². The first-order valence-corrected chi connectivity index (χ1v) is 9.09. The highest BCUT2D eigenvalue weighted by Crippen LogP contribution is 2.16. The van der Waals surface area contributed by atoms with Crippen LogP contribution in [-0.4, -0.2) is 43.2 Å². The minimum absolute atomic E-state index is 0.0626. The van der Waals surface area contributed by atoms with Gasteiger partial charge in [0.15, 0.2) is 10.9 Å². The summed E-state index contributed by atoms with van der Waals surface area (Å²) in [5.41, 5.74) is 1.08. The molecule has 1 aromatic carbocycles. The van der Waals surface area contributed by atoms with Crippen LogP contribution in [0.1, 0.15) is 23.4 Å². The second-order valence-corrected chi connectivity index (χ2v) is 6.14. The van der Waals surface area contributed by atoms with Crippen LogP contribution in [0.15, 0.2) is 47.1 Å². The molecule has 0 aliphatic heterocycles. The van der Waals surface area contributed by atoms with Crippen LogP contribution in [0.4, 0.5) is 11.4 Å². The van der Waals surface area contributed by atoms with Gasteiger partial charge in [-0.3, -0.25) is 14.4 Å². The Balaban J connectivity index is 1.77. The molecule has 9 nitrogen and oxygen atoms in total. The highest BCUT2D eigenvalue weighted by atomic mass is 32.1. The van der Waals surface area contributed by atoms with Crippen molar-refractivity contribution in [3.63, 3.8) is 0 Å². The molecular formula is C19H21N3O6S. The van der Waals surface area contributed by atoms with Gasteiger partial charge in [-0.15, -0.1) is 0 Å². The van der Waals surface area contributed by atoms with Crippen molar-refractivity contribution in [3.8, 4) is 0 Å². The maximum absolute atomic E-state index is 12.0. The average Bonchev–Trinajstić information content (AvgIpc) is 3.22. The average molecular weight is 419 g/mol. The largest absolute Gasteiger partial charge is 0.463 e. The van der Waals surface area contributed by atoms with Gasteiger partial charge in [0.25, 0.3) is 5.91 Å². The molecule has 3 N–H and O–H groups in total. The van der Waals surface area contributed by atoms with Crippen molar-refractivity contribution in [2.75, 3.05) is 31.0 Å². The number of hydrogen-bond acceptors (Lipinski definition) is 7. The van der Waals surface area contributed by atoms with Gasteiger partial charge in [0.05, 0.1) is 19.3 Å². The summed E-state index contributed by atoms with van der Waals surface area (Å²) in [5.74, 6) is -1.11. The molecule has 0 radical (unpaired) electrons. The van der Waals surface area contributed by atoms with E-state index in [0.29, 0.717) is 18.0 Å². The monoisotopic (exact) mass is 419 g/mol. The van der Waals surface area contributed by atoms with Crippen molar-refractivity contribution in [1.82, 2.24) is 5.32 Å². The van der Waals surface area contributed by atoms with Gasteiger partial charge in [-0.1, -0.05) is 6.07 Å². The lowest BCUT2D eigenvalue weighted by Gasteiger charge is -2.11. The summed E-state index contributed by atoms with van der Waals surface area (Å²) in [6.07, 6.45) is 1.28. The molecule has 1 heterocycles. The molecule has 2 amide bonds. The number of nitrogens with one attached hydrogen (secondary N) is 3. The molecule has 2 rings (SSSR count). The van der Waals surface area contributed by atoms with Crippen LogP contribution < -0.4 is 16.0 Å². The third-order valence-corrected chi connectivity index (χ3v) is 3.69. The van der Waals surface area contributed by atoms with Crippen molar-refractivity contribution >= 4 is 46.5 Å². The Morgan fingerprint density at radius 2 is 1.79 bits per heavy atom. The molecule has 10 heteroatoms. The molecule has 0 spiro atoms. The van der Waals surface area contributed by atoms with Crippen molar-refractivity contribution in [3.05, 3.63) is 48.4 Å². The molecule has 1 aromatic heterocycles. The van der Waals surface area contributed by atoms with E-state index < -0.39 is 11.9 Å². The Labute approximate surface area is 172 Å². The van der Waals surface area contributed by atoms with Crippen LogP contribution >= 0.6 is 12.2 Å². The summed E-state index contributed by atoms with van der Waals surface area (Å²) >= 11 is 5.10. The second kappa shape index (κ2) is 11.6. The Bertz CT molecular complexity index is 853. The van der Waals surface area contributed by atoms with Gasteiger partial charge in [-0.2, -0.15) is 0 Å². The van der Waals surface area contributed by atoms with Crippen LogP contribution in [0.5, 0.6) is 0 Å². The number of carbonyl (C=O) groups is 3. The zero-order chi connectivity index (χ0) is 21.1. The molecule has 0 atom stereocenters. The van der Waals surface area contributed by atoms with Crippen molar-refractivity contribution in [2.24, 2.45) is 0 Å². The molecule has 0 saturated carbocycles. The number of carbonyl (C=O) groups excluding carboxylic acids is 3. The fourth-order valence-electron chi connectivity index (χ4n) is 2.15. The van der Waals surface area contributed by atoms with Gasteiger partial charge in [0.1, 0.15) is 6.61 Å². The molecule has 0 bridgehead atoms. The number of methoxy groups -OCH3 is 1. The van der Waals surface area contributed by atoms with Gasteiger partial charge in [-0.25, -0.2) is 0 Å². The lowest BCUT2D eigenvalue weighted by atomic mass is 10.2. The predicted molar refractivity (Wildman–Crippen MR) is 110 cm³/mol. The molecule has 154 valence electrons. The third-order valence-electron chi connectivity index (χ3n) is 3.48. The van der Waals surface area contributed by atoms with Crippen LogP contribution in [0, 0.1) is 0 Å². The third kappa shape index (κ3) is 8.11. The van der Waals surface area contributed by atoms with Crippen LogP contribution in [0.2, 0.25) is 0 Å². The smallest absolute Gasteiger partial charge is 0.306 e. The zero-order valence-corrected chi connectivity index (χ0v) is 16.5. The Kier molecular flexibility index (Phi) is 8.80. The van der Waals surface area contributed by atoms with E-state index in [1.54, 1.807) is 36.4 Å². The highest BCUT2D eigenvalue weighted by molar-refractivity contribution is 7.80. The first-order chi connectivity index (χ1) is 14.0. The molecule has 2 aromatic rings. The predicted octanol–water partition coefficient (Wildman–Crippen LogP) is 2.31. The molecular weight excluding hydrogens is 398 g/mol. The maximum Gasteiger partial charge on any atom is 0.306 e. The first-order valence-electron chi connectivity index (χ1n) is 8.68. The normalized spacial score (nSPS) is 10.1. The van der Waals surface area contributed by atoms with E-state index in [-0.39, 0.29) is 36.2 Å². The topological polar surface area (TPSA) is 119 Å². The first kappa shape index (κ1) is 22.1. The zero-order valence-electron chi connectivity index (χ0n) is 15.7. The SMILES string of the molecule is COCCOC(=O)CCC(=O)NC(=S)Nc1cccc(NC(=O)c2ccco2)c1. The lowest BCUT2D eigenvalue weighted by Crippen LogP contribution is -2.34. The van der Waals surface area contributed by atoms with E-state index in [2.05, 4.69) is 16.0 Å². The van der Waals surface area contributed by atoms with Crippen LogP contribution in [-0.2, 0) is 19.1 Å². The fourth-order valence-corrected chi connectivity index (χ4v) is 2.38. The standard InChI is InChI=1S/C19H21N3O6S/c1-26-10-11-28-17(24)8-7-16(23)22-19(29)21-14-5-2-4-13(12-14)20-18(25)15-6-3-9-27-15/h2-6,9,12H,7-8,10-11H2,1H3,(H,20,25)(H2,21,22,23,29). The summed E-state index contributed by atoms with van der Waals surface area (Å²) in [7, 11) is 1.50. The van der Waals surface area contributed by atoms with Crippen LogP contribution in [0.25, 0.3) is 0 Å². The number of ether oxygens (including phenoxy) is 2. The summed E-state index contributed by atoms with van der Waals surface area (Å²) in [4.78, 5) is 35.4.